The van der Waals surface area contributed by atoms with Crippen LogP contribution in [0.2, 0.25) is 0 Å². The van der Waals surface area contributed by atoms with Crippen LogP contribution >= 0.6 is 0 Å². The van der Waals surface area contributed by atoms with Crippen molar-refractivity contribution in [3.8, 4) is 0 Å². The normalized spacial score (nSPS) is 12.9. The second-order valence-corrected chi connectivity index (χ2v) is 3.78. The summed E-state index contributed by atoms with van der Waals surface area (Å²) in [5, 5.41) is 16.7. The van der Waals surface area contributed by atoms with Gasteiger partial charge in [-0.05, 0) is 29.4 Å². The number of likely N-dealkylation sites (N-methyl/N-ethyl adjacent to an activating group) is 1. The van der Waals surface area contributed by atoms with E-state index in [1.165, 1.54) is 0 Å². The fourth-order valence-electron chi connectivity index (χ4n) is 1.52. The molecule has 0 saturated heterocycles. The highest BCUT2D eigenvalue weighted by Crippen LogP contribution is 2.28. The van der Waals surface area contributed by atoms with Gasteiger partial charge in [0.2, 0.25) is 0 Å². The molecule has 6 nitrogen and oxygen atoms in total. The minimum atomic E-state index is -0.0106. The van der Waals surface area contributed by atoms with Crippen molar-refractivity contribution in [2.45, 2.75) is 13.0 Å². The van der Waals surface area contributed by atoms with Gasteiger partial charge < -0.3 is 15.7 Å². The number of nitrogen functional groups attached to an aromatic ring is 1. The van der Waals surface area contributed by atoms with Gasteiger partial charge in [-0.1, -0.05) is 0 Å². The largest absolute Gasteiger partial charge is 0.397 e. The molecule has 0 amide bonds. The molecule has 6 heteroatoms. The van der Waals surface area contributed by atoms with Crippen LogP contribution in [0.3, 0.4) is 0 Å². The van der Waals surface area contributed by atoms with E-state index in [4.69, 9.17) is 10.8 Å². The number of aromatic nitrogens is 2. The molecule has 3 N–H and O–H groups in total. The molecule has 0 aliphatic rings. The Balaban J connectivity index is 2.52. The van der Waals surface area contributed by atoms with E-state index in [-0.39, 0.29) is 12.6 Å². The summed E-state index contributed by atoms with van der Waals surface area (Å²) < 4.78 is 4.68. The first-order chi connectivity index (χ1) is 7.65. The predicted octanol–water partition coefficient (Wildman–Crippen LogP) is 0.622. The Kier molecular flexibility index (Phi) is 2.66. The average Bonchev–Trinajstić information content (AvgIpc) is 2.77. The lowest BCUT2D eigenvalue weighted by Gasteiger charge is -2.25. The van der Waals surface area contributed by atoms with Crippen LogP contribution < -0.4 is 10.6 Å². The van der Waals surface area contributed by atoms with E-state index in [2.05, 4.69) is 14.9 Å². The van der Waals surface area contributed by atoms with Crippen molar-refractivity contribution in [1.82, 2.24) is 10.3 Å². The van der Waals surface area contributed by atoms with E-state index < -0.39 is 0 Å². The molecule has 1 unspecified atom stereocenters. The van der Waals surface area contributed by atoms with Gasteiger partial charge in [0.05, 0.1) is 18.0 Å². The number of benzene rings is 1. The molecule has 0 aliphatic heterocycles. The maximum atomic E-state index is 9.12. The van der Waals surface area contributed by atoms with Gasteiger partial charge in [-0.15, -0.1) is 0 Å². The van der Waals surface area contributed by atoms with Gasteiger partial charge >= 0.3 is 0 Å². The number of aliphatic hydroxyl groups is 1. The van der Waals surface area contributed by atoms with E-state index in [0.717, 1.165) is 5.69 Å². The minimum absolute atomic E-state index is 0.0106. The molecule has 86 valence electrons. The number of nitrogens with two attached hydrogens (primary N) is 1. The maximum Gasteiger partial charge on any atom is 0.160 e. The van der Waals surface area contributed by atoms with Crippen molar-refractivity contribution < 1.29 is 9.74 Å². The molecule has 0 fully saturated rings. The molecule has 0 bridgehead atoms. The maximum absolute atomic E-state index is 9.12. The van der Waals surface area contributed by atoms with Gasteiger partial charge in [0.15, 0.2) is 11.0 Å². The highest BCUT2D eigenvalue weighted by Gasteiger charge is 2.16. The molecule has 1 atom stereocenters. The molecule has 1 aromatic carbocycles. The van der Waals surface area contributed by atoms with Crippen LogP contribution in [0.15, 0.2) is 16.8 Å². The first-order valence-electron chi connectivity index (χ1n) is 4.99. The van der Waals surface area contributed by atoms with Crippen molar-refractivity contribution in [3.63, 3.8) is 0 Å². The second kappa shape index (κ2) is 3.97. The zero-order valence-electron chi connectivity index (χ0n) is 9.21. The summed E-state index contributed by atoms with van der Waals surface area (Å²) in [6.07, 6.45) is 0. The number of aliphatic hydroxyl groups excluding tert-OH is 1. The number of hydrogen-bond donors (Lipinski definition) is 2. The van der Waals surface area contributed by atoms with Gasteiger partial charge in [-0.25, -0.2) is 4.63 Å². The minimum Gasteiger partial charge on any atom is -0.397 e. The van der Waals surface area contributed by atoms with E-state index in [9.17, 15) is 0 Å². The van der Waals surface area contributed by atoms with Crippen LogP contribution in [-0.4, -0.2) is 35.1 Å². The van der Waals surface area contributed by atoms with Gasteiger partial charge in [0, 0.05) is 13.1 Å². The Morgan fingerprint density at radius 3 is 2.81 bits per heavy atom. The summed E-state index contributed by atoms with van der Waals surface area (Å²) in [5.74, 6) is 0. The highest BCUT2D eigenvalue weighted by atomic mass is 16.6. The van der Waals surface area contributed by atoms with E-state index >= 15 is 0 Å². The molecule has 16 heavy (non-hydrogen) atoms. The number of anilines is 2. The van der Waals surface area contributed by atoms with Crippen molar-refractivity contribution in [2.75, 3.05) is 24.3 Å². The third kappa shape index (κ3) is 1.57. The zero-order chi connectivity index (χ0) is 11.7. The van der Waals surface area contributed by atoms with Crippen LogP contribution in [0.1, 0.15) is 6.92 Å². The molecule has 0 radical (unpaired) electrons. The Labute approximate surface area is 92.6 Å². The zero-order valence-corrected chi connectivity index (χ0v) is 9.21. The van der Waals surface area contributed by atoms with Crippen molar-refractivity contribution >= 4 is 22.4 Å². The van der Waals surface area contributed by atoms with Gasteiger partial charge in [0.1, 0.15) is 0 Å². The monoisotopic (exact) mass is 222 g/mol. The molecule has 0 aliphatic carbocycles. The van der Waals surface area contributed by atoms with Crippen molar-refractivity contribution in [3.05, 3.63) is 12.1 Å². The van der Waals surface area contributed by atoms with Crippen LogP contribution in [0.5, 0.6) is 0 Å². The Hall–Kier alpha value is -1.82. The fraction of sp³-hybridized carbons (Fsp3) is 0.400. The average molecular weight is 222 g/mol. The first-order valence-corrected chi connectivity index (χ1v) is 4.99. The van der Waals surface area contributed by atoms with Crippen molar-refractivity contribution in [1.29, 1.82) is 0 Å². The lowest BCUT2D eigenvalue weighted by Crippen LogP contribution is -2.31. The van der Waals surface area contributed by atoms with E-state index in [1.807, 2.05) is 24.9 Å². The molecule has 2 aromatic rings. The molecule has 1 aromatic heterocycles. The van der Waals surface area contributed by atoms with E-state index in [0.29, 0.717) is 16.7 Å². The van der Waals surface area contributed by atoms with Gasteiger partial charge in [-0.2, -0.15) is 0 Å². The topological polar surface area (TPSA) is 88.4 Å². The fourth-order valence-corrected chi connectivity index (χ4v) is 1.52. The highest BCUT2D eigenvalue weighted by molar-refractivity contribution is 5.95. The number of nitrogens with zero attached hydrogens (tertiary/aromatic N) is 3. The third-order valence-electron chi connectivity index (χ3n) is 2.73. The molecule has 0 saturated carbocycles. The summed E-state index contributed by atoms with van der Waals surface area (Å²) in [6, 6.07) is 3.58. The van der Waals surface area contributed by atoms with Crippen LogP contribution in [0, 0.1) is 0 Å². The first kappa shape index (κ1) is 10.7. The summed E-state index contributed by atoms with van der Waals surface area (Å²) in [7, 11) is 1.88. The Morgan fingerprint density at radius 1 is 1.44 bits per heavy atom. The number of hydrogen-bond acceptors (Lipinski definition) is 6. The lowest BCUT2D eigenvalue weighted by atomic mass is 10.2. The molecule has 2 rings (SSSR count). The molecule has 0 spiro atoms. The smallest absolute Gasteiger partial charge is 0.160 e. The van der Waals surface area contributed by atoms with Crippen LogP contribution in [0.25, 0.3) is 11.0 Å². The standard InChI is InChI=1S/C10H14N4O2/c1-6(5-15)14(2)8-4-3-7(11)9-10(8)13-16-12-9/h3-4,6,15H,5,11H2,1-2H3. The molecule has 1 heterocycles. The predicted molar refractivity (Wildman–Crippen MR) is 61.2 cm³/mol. The lowest BCUT2D eigenvalue weighted by molar-refractivity contribution is 0.270. The summed E-state index contributed by atoms with van der Waals surface area (Å²) in [6.45, 7) is 1.98. The van der Waals surface area contributed by atoms with E-state index in [1.54, 1.807) is 6.07 Å². The SMILES string of the molecule is CC(CO)N(C)c1ccc(N)c2nonc12. The van der Waals surface area contributed by atoms with Crippen LogP contribution in [0.4, 0.5) is 11.4 Å². The Bertz CT molecular complexity index is 497. The second-order valence-electron chi connectivity index (χ2n) is 3.78. The summed E-state index contributed by atoms with van der Waals surface area (Å²) >= 11 is 0. The summed E-state index contributed by atoms with van der Waals surface area (Å²) in [5.41, 5.74) is 8.28. The Morgan fingerprint density at radius 2 is 2.12 bits per heavy atom. The third-order valence-corrected chi connectivity index (χ3v) is 2.73. The number of fused-ring (bicyclic) bond motifs is 1. The van der Waals surface area contributed by atoms with Crippen molar-refractivity contribution in [2.24, 2.45) is 0 Å². The number of rotatable bonds is 3. The quantitative estimate of drug-likeness (QED) is 0.740. The van der Waals surface area contributed by atoms with Gasteiger partial charge in [0.25, 0.3) is 0 Å². The van der Waals surface area contributed by atoms with Crippen LogP contribution in [-0.2, 0) is 0 Å². The summed E-state index contributed by atoms with van der Waals surface area (Å²) in [4.78, 5) is 1.91. The van der Waals surface area contributed by atoms with Gasteiger partial charge in [-0.3, -0.25) is 0 Å². The molecular weight excluding hydrogens is 208 g/mol. The molecular formula is C10H14N4O2.